The maximum atomic E-state index is 12.4. The van der Waals surface area contributed by atoms with E-state index < -0.39 is 0 Å². The van der Waals surface area contributed by atoms with Gasteiger partial charge in [-0.15, -0.1) is 11.3 Å². The van der Waals surface area contributed by atoms with Crippen LogP contribution in [0, 0.1) is 0 Å². The first kappa shape index (κ1) is 15.3. The quantitative estimate of drug-likeness (QED) is 0.757. The third-order valence-electron chi connectivity index (χ3n) is 3.35. The molecule has 7 heteroatoms. The number of fused-ring (bicyclic) bond motifs is 1. The molecule has 0 radical (unpaired) electrons. The van der Waals surface area contributed by atoms with Crippen molar-refractivity contribution >= 4 is 50.5 Å². The predicted molar refractivity (Wildman–Crippen MR) is 90.9 cm³/mol. The summed E-state index contributed by atoms with van der Waals surface area (Å²) in [6.45, 7) is 2.98. The lowest BCUT2D eigenvalue weighted by atomic mass is 10.2. The molecule has 0 aliphatic rings. The van der Waals surface area contributed by atoms with E-state index in [0.29, 0.717) is 28.0 Å². The number of rotatable bonds is 4. The minimum atomic E-state index is -0.203. The zero-order chi connectivity index (χ0) is 15.7. The average Bonchev–Trinajstić information content (AvgIpc) is 3.06. The molecule has 2 aromatic heterocycles. The third kappa shape index (κ3) is 2.72. The summed E-state index contributed by atoms with van der Waals surface area (Å²) in [7, 11) is 0. The van der Waals surface area contributed by atoms with Crippen LogP contribution in [0.15, 0.2) is 30.5 Å². The minimum Gasteiger partial charge on any atom is -0.346 e. The molecular formula is C15H13Cl2N3OS. The molecule has 1 N–H and O–H groups in total. The van der Waals surface area contributed by atoms with Gasteiger partial charge in [0.25, 0.3) is 5.91 Å². The van der Waals surface area contributed by atoms with E-state index in [9.17, 15) is 4.79 Å². The van der Waals surface area contributed by atoms with Crippen molar-refractivity contribution in [2.75, 3.05) is 0 Å². The molecule has 2 heterocycles. The lowest BCUT2D eigenvalue weighted by Gasteiger charge is -2.07. The zero-order valence-corrected chi connectivity index (χ0v) is 14.1. The smallest absolute Gasteiger partial charge is 0.263 e. The monoisotopic (exact) mass is 353 g/mol. The Morgan fingerprint density at radius 2 is 2.14 bits per heavy atom. The fraction of sp³-hybridized carbons (Fsp3) is 0.200. The summed E-state index contributed by atoms with van der Waals surface area (Å²) in [5.74, 6) is -0.203. The van der Waals surface area contributed by atoms with Crippen LogP contribution >= 0.6 is 34.5 Å². The molecule has 0 fully saturated rings. The number of nitrogens with zero attached hydrogens (tertiary/aromatic N) is 2. The lowest BCUT2D eigenvalue weighted by Crippen LogP contribution is -2.24. The van der Waals surface area contributed by atoms with Crippen LogP contribution in [0.25, 0.3) is 10.1 Å². The molecule has 0 aliphatic heterocycles. The van der Waals surface area contributed by atoms with Gasteiger partial charge in [-0.3, -0.25) is 9.48 Å². The van der Waals surface area contributed by atoms with Gasteiger partial charge in [-0.25, -0.2) is 0 Å². The van der Waals surface area contributed by atoms with Crippen molar-refractivity contribution < 1.29 is 4.79 Å². The van der Waals surface area contributed by atoms with E-state index in [1.807, 2.05) is 31.2 Å². The predicted octanol–water partition coefficient (Wildman–Crippen LogP) is 4.35. The first-order valence-corrected chi connectivity index (χ1v) is 8.34. The summed E-state index contributed by atoms with van der Waals surface area (Å²) in [6.07, 6.45) is 1.58. The van der Waals surface area contributed by atoms with Crippen LogP contribution in [0.2, 0.25) is 10.0 Å². The van der Waals surface area contributed by atoms with Crippen LogP contribution in [0.1, 0.15) is 22.3 Å². The van der Waals surface area contributed by atoms with Crippen molar-refractivity contribution in [1.29, 1.82) is 0 Å². The first-order chi connectivity index (χ1) is 10.6. The summed E-state index contributed by atoms with van der Waals surface area (Å²) in [5, 5.41) is 8.95. The van der Waals surface area contributed by atoms with Gasteiger partial charge in [0.05, 0.1) is 28.5 Å². The summed E-state index contributed by atoms with van der Waals surface area (Å²) in [4.78, 5) is 12.9. The van der Waals surface area contributed by atoms with E-state index >= 15 is 0 Å². The number of halogens is 2. The molecule has 3 rings (SSSR count). The molecule has 0 saturated carbocycles. The highest BCUT2D eigenvalue weighted by molar-refractivity contribution is 7.21. The molecule has 0 atom stereocenters. The Labute approximate surface area is 141 Å². The maximum absolute atomic E-state index is 12.4. The summed E-state index contributed by atoms with van der Waals surface area (Å²) in [5.41, 5.74) is 0.787. The van der Waals surface area contributed by atoms with Crippen LogP contribution in [-0.2, 0) is 13.1 Å². The van der Waals surface area contributed by atoms with Crippen LogP contribution in [0.3, 0.4) is 0 Å². The highest BCUT2D eigenvalue weighted by Gasteiger charge is 2.17. The third-order valence-corrected chi connectivity index (χ3v) is 5.34. The van der Waals surface area contributed by atoms with E-state index in [2.05, 4.69) is 10.4 Å². The number of hydrogen-bond donors (Lipinski definition) is 1. The van der Waals surface area contributed by atoms with E-state index in [1.54, 1.807) is 10.9 Å². The van der Waals surface area contributed by atoms with Crippen molar-refractivity contribution in [3.8, 4) is 0 Å². The van der Waals surface area contributed by atoms with Gasteiger partial charge in [-0.05, 0) is 13.0 Å². The molecular weight excluding hydrogens is 341 g/mol. The largest absolute Gasteiger partial charge is 0.346 e. The molecule has 0 bridgehead atoms. The van der Waals surface area contributed by atoms with Crippen LogP contribution in [-0.4, -0.2) is 15.7 Å². The molecule has 0 unspecified atom stereocenters. The number of thiophene rings is 1. The normalized spacial score (nSPS) is 11.0. The lowest BCUT2D eigenvalue weighted by molar-refractivity contribution is 0.0954. The van der Waals surface area contributed by atoms with Crippen molar-refractivity contribution in [1.82, 2.24) is 15.1 Å². The van der Waals surface area contributed by atoms with E-state index in [0.717, 1.165) is 15.8 Å². The van der Waals surface area contributed by atoms with Crippen molar-refractivity contribution in [2.24, 2.45) is 0 Å². The van der Waals surface area contributed by atoms with Crippen molar-refractivity contribution in [3.63, 3.8) is 0 Å². The number of carbonyl (C=O) groups excluding carboxylic acids is 1. The highest BCUT2D eigenvalue weighted by Crippen LogP contribution is 2.35. The fourth-order valence-corrected chi connectivity index (χ4v) is 3.88. The average molecular weight is 354 g/mol. The Morgan fingerprint density at radius 3 is 2.86 bits per heavy atom. The Morgan fingerprint density at radius 1 is 1.36 bits per heavy atom. The molecule has 3 aromatic rings. The second kappa shape index (κ2) is 6.28. The van der Waals surface area contributed by atoms with Gasteiger partial charge in [0.15, 0.2) is 0 Å². The topological polar surface area (TPSA) is 46.9 Å². The van der Waals surface area contributed by atoms with Gasteiger partial charge in [-0.1, -0.05) is 41.4 Å². The Balaban J connectivity index is 1.82. The molecule has 22 heavy (non-hydrogen) atoms. The van der Waals surface area contributed by atoms with E-state index in [1.165, 1.54) is 11.3 Å². The van der Waals surface area contributed by atoms with Gasteiger partial charge in [-0.2, -0.15) is 5.10 Å². The molecule has 1 amide bonds. The van der Waals surface area contributed by atoms with Crippen LogP contribution < -0.4 is 5.32 Å². The summed E-state index contributed by atoms with van der Waals surface area (Å²) < 4.78 is 2.75. The first-order valence-electron chi connectivity index (χ1n) is 6.77. The van der Waals surface area contributed by atoms with Gasteiger partial charge in [0.2, 0.25) is 0 Å². The standard InChI is InChI=1S/C15H13Cl2N3OS/c1-2-20-11(10(16)7-19-20)8-18-15(21)14-13(17)9-5-3-4-6-12(9)22-14/h3-7H,2,8H2,1H3,(H,18,21). The highest BCUT2D eigenvalue weighted by atomic mass is 35.5. The number of hydrogen-bond acceptors (Lipinski definition) is 3. The van der Waals surface area contributed by atoms with Gasteiger partial charge in [0.1, 0.15) is 4.88 Å². The molecule has 1 aromatic carbocycles. The van der Waals surface area contributed by atoms with Gasteiger partial charge >= 0.3 is 0 Å². The fourth-order valence-electron chi connectivity index (χ4n) is 2.24. The van der Waals surface area contributed by atoms with Gasteiger partial charge in [0, 0.05) is 16.6 Å². The Bertz CT molecular complexity index is 841. The summed E-state index contributed by atoms with van der Waals surface area (Å²) in [6, 6.07) is 7.69. The Kier molecular flexibility index (Phi) is 4.38. The van der Waals surface area contributed by atoms with Gasteiger partial charge < -0.3 is 5.32 Å². The molecule has 0 spiro atoms. The number of nitrogens with one attached hydrogen (secondary N) is 1. The number of carbonyl (C=O) groups is 1. The molecule has 114 valence electrons. The van der Waals surface area contributed by atoms with Crippen LogP contribution in [0.5, 0.6) is 0 Å². The summed E-state index contributed by atoms with van der Waals surface area (Å²) >= 11 is 13.8. The zero-order valence-electron chi connectivity index (χ0n) is 11.8. The Hall–Kier alpha value is -1.56. The maximum Gasteiger partial charge on any atom is 0.263 e. The van der Waals surface area contributed by atoms with Crippen LogP contribution in [0.4, 0.5) is 0 Å². The SMILES string of the molecule is CCn1ncc(Cl)c1CNC(=O)c1sc2ccccc2c1Cl. The molecule has 0 aliphatic carbocycles. The molecule has 4 nitrogen and oxygen atoms in total. The second-order valence-corrected chi connectivity index (χ2v) is 6.52. The van der Waals surface area contributed by atoms with E-state index in [-0.39, 0.29) is 5.91 Å². The number of aryl methyl sites for hydroxylation is 1. The second-order valence-electron chi connectivity index (χ2n) is 4.68. The number of benzene rings is 1. The molecule has 0 saturated heterocycles. The van der Waals surface area contributed by atoms with Crippen molar-refractivity contribution in [2.45, 2.75) is 20.0 Å². The number of amides is 1. The van der Waals surface area contributed by atoms with Crippen molar-refractivity contribution in [3.05, 3.63) is 51.1 Å². The number of aromatic nitrogens is 2. The minimum absolute atomic E-state index is 0.203. The van der Waals surface area contributed by atoms with E-state index in [4.69, 9.17) is 23.2 Å².